The van der Waals surface area contributed by atoms with E-state index < -0.39 is 0 Å². The molecule has 0 aliphatic carbocycles. The summed E-state index contributed by atoms with van der Waals surface area (Å²) in [6.07, 6.45) is 2.49. The van der Waals surface area contributed by atoms with Crippen LogP contribution in [0.25, 0.3) is 10.9 Å². The van der Waals surface area contributed by atoms with Crippen LogP contribution >= 0.6 is 0 Å². The van der Waals surface area contributed by atoms with Gasteiger partial charge in [0, 0.05) is 37.7 Å². The van der Waals surface area contributed by atoms with Crippen LogP contribution in [0.4, 0.5) is 0 Å². The molecule has 0 spiro atoms. The Morgan fingerprint density at radius 2 is 1.78 bits per heavy atom. The van der Waals surface area contributed by atoms with Gasteiger partial charge in [0.25, 0.3) is 0 Å². The van der Waals surface area contributed by atoms with Crippen molar-refractivity contribution in [3.63, 3.8) is 0 Å². The first-order valence-electron chi connectivity index (χ1n) is 7.87. The maximum Gasteiger partial charge on any atom is 0.227 e. The van der Waals surface area contributed by atoms with Crippen LogP contribution in [0.3, 0.4) is 0 Å². The van der Waals surface area contributed by atoms with Gasteiger partial charge in [0.1, 0.15) is 0 Å². The first kappa shape index (κ1) is 15.3. The minimum Gasteiger partial charge on any atom is -0.350 e. The fourth-order valence-corrected chi connectivity index (χ4v) is 2.92. The van der Waals surface area contributed by atoms with Crippen molar-refractivity contribution in [1.29, 1.82) is 0 Å². The zero-order chi connectivity index (χ0) is 16.4. The molecule has 118 valence electrons. The fourth-order valence-electron chi connectivity index (χ4n) is 2.92. The van der Waals surface area contributed by atoms with Gasteiger partial charge in [-0.25, -0.2) is 0 Å². The third-order valence-electron chi connectivity index (χ3n) is 4.29. The van der Waals surface area contributed by atoms with Crippen LogP contribution in [0, 0.1) is 6.92 Å². The van der Waals surface area contributed by atoms with Crippen LogP contribution in [0.1, 0.15) is 16.7 Å². The number of hydrogen-bond donors (Lipinski definition) is 0. The van der Waals surface area contributed by atoms with Crippen LogP contribution in [-0.4, -0.2) is 22.4 Å². The van der Waals surface area contributed by atoms with Crippen LogP contribution < -0.4 is 0 Å². The van der Waals surface area contributed by atoms with Gasteiger partial charge < -0.3 is 9.47 Å². The summed E-state index contributed by atoms with van der Waals surface area (Å²) >= 11 is 0. The lowest BCUT2D eigenvalue weighted by Gasteiger charge is -2.17. The molecule has 0 aliphatic heterocycles. The first-order valence-corrected chi connectivity index (χ1v) is 7.87. The van der Waals surface area contributed by atoms with Gasteiger partial charge in [0.15, 0.2) is 0 Å². The maximum absolute atomic E-state index is 12.6. The standard InChI is InChI=1S/C20H22N2O/c1-15-8-10-16(11-9-15)13-22(3)20(23)12-17-14-21(2)19-7-5-4-6-18(17)19/h4-11,14H,12-13H2,1-3H3. The van der Waals surface area contributed by atoms with Gasteiger partial charge in [-0.3, -0.25) is 4.79 Å². The molecule has 1 aromatic heterocycles. The second-order valence-corrected chi connectivity index (χ2v) is 6.19. The average Bonchev–Trinajstić information content (AvgIpc) is 2.86. The van der Waals surface area contributed by atoms with Crippen molar-refractivity contribution in [2.24, 2.45) is 7.05 Å². The summed E-state index contributed by atoms with van der Waals surface area (Å²) < 4.78 is 2.08. The zero-order valence-electron chi connectivity index (χ0n) is 13.9. The van der Waals surface area contributed by atoms with Crippen molar-refractivity contribution < 1.29 is 4.79 Å². The van der Waals surface area contributed by atoms with Gasteiger partial charge in [0.2, 0.25) is 5.91 Å². The number of amides is 1. The Bertz CT molecular complexity index is 830. The summed E-state index contributed by atoms with van der Waals surface area (Å²) in [7, 11) is 3.89. The average molecular weight is 306 g/mol. The summed E-state index contributed by atoms with van der Waals surface area (Å²) in [5, 5.41) is 1.16. The minimum absolute atomic E-state index is 0.141. The number of carbonyl (C=O) groups excluding carboxylic acids is 1. The summed E-state index contributed by atoms with van der Waals surface area (Å²) in [4.78, 5) is 14.4. The van der Waals surface area contributed by atoms with E-state index in [1.807, 2.05) is 26.2 Å². The molecule has 0 unspecified atom stereocenters. The molecular formula is C20H22N2O. The van der Waals surface area contributed by atoms with Crippen LogP contribution in [0.2, 0.25) is 0 Å². The molecule has 0 radical (unpaired) electrons. The zero-order valence-corrected chi connectivity index (χ0v) is 13.9. The number of benzene rings is 2. The van der Waals surface area contributed by atoms with Crippen molar-refractivity contribution in [3.05, 3.63) is 71.4 Å². The molecule has 3 aromatic rings. The van der Waals surface area contributed by atoms with Crippen molar-refractivity contribution in [2.75, 3.05) is 7.05 Å². The topological polar surface area (TPSA) is 25.2 Å². The summed E-state index contributed by atoms with van der Waals surface area (Å²) in [6.45, 7) is 2.71. The number of rotatable bonds is 4. The van der Waals surface area contributed by atoms with Gasteiger partial charge in [-0.15, -0.1) is 0 Å². The Morgan fingerprint density at radius 1 is 1.09 bits per heavy atom. The summed E-state index contributed by atoms with van der Waals surface area (Å²) in [6, 6.07) is 16.5. The Morgan fingerprint density at radius 3 is 2.52 bits per heavy atom. The SMILES string of the molecule is Cc1ccc(CN(C)C(=O)Cc2cn(C)c3ccccc23)cc1. The fraction of sp³-hybridized carbons (Fsp3) is 0.250. The molecule has 1 heterocycles. The van der Waals surface area contributed by atoms with E-state index in [1.165, 1.54) is 5.56 Å². The van der Waals surface area contributed by atoms with E-state index in [0.717, 1.165) is 22.0 Å². The lowest BCUT2D eigenvalue weighted by Crippen LogP contribution is -2.27. The third-order valence-corrected chi connectivity index (χ3v) is 4.29. The molecule has 3 heteroatoms. The predicted octanol–water partition coefficient (Wildman–Crippen LogP) is 3.69. The van der Waals surface area contributed by atoms with Crippen molar-refractivity contribution in [2.45, 2.75) is 19.9 Å². The Kier molecular flexibility index (Phi) is 4.20. The highest BCUT2D eigenvalue weighted by atomic mass is 16.2. The molecule has 3 nitrogen and oxygen atoms in total. The molecule has 2 aromatic carbocycles. The molecular weight excluding hydrogens is 284 g/mol. The van der Waals surface area contributed by atoms with E-state index in [4.69, 9.17) is 0 Å². The number of likely N-dealkylation sites (N-methyl/N-ethyl adjacent to an activating group) is 1. The number of fused-ring (bicyclic) bond motifs is 1. The number of aryl methyl sites for hydroxylation is 2. The number of nitrogens with zero attached hydrogens (tertiary/aromatic N) is 2. The molecule has 0 aliphatic rings. The second kappa shape index (κ2) is 6.29. The maximum atomic E-state index is 12.6. The molecule has 0 N–H and O–H groups in total. The van der Waals surface area contributed by atoms with E-state index >= 15 is 0 Å². The highest BCUT2D eigenvalue weighted by molar-refractivity contribution is 5.89. The van der Waals surface area contributed by atoms with Crippen molar-refractivity contribution >= 4 is 16.8 Å². The number of para-hydroxylation sites is 1. The van der Waals surface area contributed by atoms with Gasteiger partial charge in [-0.05, 0) is 24.1 Å². The van der Waals surface area contributed by atoms with E-state index in [-0.39, 0.29) is 5.91 Å². The molecule has 0 fully saturated rings. The van der Waals surface area contributed by atoms with Crippen molar-refractivity contribution in [3.8, 4) is 0 Å². The highest BCUT2D eigenvalue weighted by Crippen LogP contribution is 2.21. The van der Waals surface area contributed by atoms with Gasteiger partial charge in [-0.1, -0.05) is 48.0 Å². The largest absolute Gasteiger partial charge is 0.350 e. The van der Waals surface area contributed by atoms with E-state index in [2.05, 4.69) is 54.1 Å². The molecule has 1 amide bonds. The van der Waals surface area contributed by atoms with Crippen molar-refractivity contribution in [1.82, 2.24) is 9.47 Å². The van der Waals surface area contributed by atoms with Crippen LogP contribution in [-0.2, 0) is 24.8 Å². The van der Waals surface area contributed by atoms with Gasteiger partial charge in [-0.2, -0.15) is 0 Å². The lowest BCUT2D eigenvalue weighted by molar-refractivity contribution is -0.129. The molecule has 0 saturated carbocycles. The molecule has 0 bridgehead atoms. The Hall–Kier alpha value is -2.55. The van der Waals surface area contributed by atoms with Gasteiger partial charge in [0.05, 0.1) is 6.42 Å². The minimum atomic E-state index is 0.141. The predicted molar refractivity (Wildman–Crippen MR) is 94.3 cm³/mol. The lowest BCUT2D eigenvalue weighted by atomic mass is 10.1. The molecule has 0 atom stereocenters. The number of hydrogen-bond acceptors (Lipinski definition) is 1. The van der Waals surface area contributed by atoms with Gasteiger partial charge >= 0.3 is 0 Å². The van der Waals surface area contributed by atoms with E-state index in [1.54, 1.807) is 4.90 Å². The third kappa shape index (κ3) is 3.29. The molecule has 0 saturated heterocycles. The highest BCUT2D eigenvalue weighted by Gasteiger charge is 2.14. The first-order chi connectivity index (χ1) is 11.0. The Labute approximate surface area is 137 Å². The van der Waals surface area contributed by atoms with E-state index in [9.17, 15) is 4.79 Å². The van der Waals surface area contributed by atoms with Crippen LogP contribution in [0.5, 0.6) is 0 Å². The molecule has 23 heavy (non-hydrogen) atoms. The smallest absolute Gasteiger partial charge is 0.227 e. The Balaban J connectivity index is 1.73. The molecule has 3 rings (SSSR count). The monoisotopic (exact) mass is 306 g/mol. The quantitative estimate of drug-likeness (QED) is 0.721. The number of aromatic nitrogens is 1. The van der Waals surface area contributed by atoms with Crippen LogP contribution in [0.15, 0.2) is 54.7 Å². The summed E-state index contributed by atoms with van der Waals surface area (Å²) in [5.74, 6) is 0.141. The summed E-state index contributed by atoms with van der Waals surface area (Å²) in [5.41, 5.74) is 4.64. The van der Waals surface area contributed by atoms with E-state index in [0.29, 0.717) is 13.0 Å². The normalized spacial score (nSPS) is 10.9. The second-order valence-electron chi connectivity index (χ2n) is 6.19. The number of carbonyl (C=O) groups is 1.